The summed E-state index contributed by atoms with van der Waals surface area (Å²) in [4.78, 5) is 19.1. The molecular formula is C19H19FN4O2. The molecule has 1 fully saturated rings. The molecule has 0 bridgehead atoms. The highest BCUT2D eigenvalue weighted by Gasteiger charge is 2.23. The second kappa shape index (κ2) is 6.76. The van der Waals surface area contributed by atoms with E-state index in [0.717, 1.165) is 10.9 Å². The minimum absolute atomic E-state index is 0.0510. The first-order valence-electron chi connectivity index (χ1n) is 8.47. The first-order chi connectivity index (χ1) is 12.6. The predicted octanol–water partition coefficient (Wildman–Crippen LogP) is 2.93. The maximum absolute atomic E-state index is 13.4. The lowest BCUT2D eigenvalue weighted by Crippen LogP contribution is -2.40. The molecule has 1 aliphatic rings. The smallest absolute Gasteiger partial charge is 0.257 e. The Morgan fingerprint density at radius 2 is 2.08 bits per heavy atom. The van der Waals surface area contributed by atoms with Crippen molar-refractivity contribution >= 4 is 28.3 Å². The number of halogens is 1. The Morgan fingerprint density at radius 1 is 1.27 bits per heavy atom. The lowest BCUT2D eigenvalue weighted by atomic mass is 10.1. The van der Waals surface area contributed by atoms with Crippen molar-refractivity contribution in [2.75, 3.05) is 31.6 Å². The number of aromatic nitrogens is 2. The minimum atomic E-state index is -0.321. The van der Waals surface area contributed by atoms with Crippen LogP contribution in [0.15, 0.2) is 42.7 Å². The number of fused-ring (bicyclic) bond motifs is 1. The van der Waals surface area contributed by atoms with Crippen molar-refractivity contribution in [1.29, 1.82) is 0 Å². The molecule has 6 nitrogen and oxygen atoms in total. The number of hydrogen-bond acceptors (Lipinski definition) is 4. The van der Waals surface area contributed by atoms with Crippen molar-refractivity contribution in [3.05, 3.63) is 54.1 Å². The summed E-state index contributed by atoms with van der Waals surface area (Å²) < 4.78 is 20.7. The van der Waals surface area contributed by atoms with E-state index in [1.807, 2.05) is 23.9 Å². The van der Waals surface area contributed by atoms with Crippen LogP contribution in [0.1, 0.15) is 10.4 Å². The molecule has 0 radical (unpaired) electrons. The number of hydrogen-bond donors (Lipinski definition) is 1. The molecule has 0 atom stereocenters. The van der Waals surface area contributed by atoms with Crippen LogP contribution in [0, 0.1) is 5.82 Å². The number of benzene rings is 1. The molecule has 0 unspecified atom stereocenters. The molecule has 0 saturated carbocycles. The summed E-state index contributed by atoms with van der Waals surface area (Å²) >= 11 is 0. The Kier molecular flexibility index (Phi) is 4.30. The van der Waals surface area contributed by atoms with Gasteiger partial charge in [-0.2, -0.15) is 0 Å². The third-order valence-corrected chi connectivity index (χ3v) is 4.52. The van der Waals surface area contributed by atoms with Crippen molar-refractivity contribution < 1.29 is 13.9 Å². The molecule has 0 spiro atoms. The number of anilines is 2. The van der Waals surface area contributed by atoms with Gasteiger partial charge in [-0.15, -0.1) is 0 Å². The normalized spacial score (nSPS) is 14.6. The largest absolute Gasteiger partial charge is 0.378 e. The van der Waals surface area contributed by atoms with E-state index in [1.165, 1.54) is 12.1 Å². The predicted molar refractivity (Wildman–Crippen MR) is 97.1 cm³/mol. The van der Waals surface area contributed by atoms with E-state index in [0.29, 0.717) is 43.4 Å². The van der Waals surface area contributed by atoms with Crippen LogP contribution in [-0.4, -0.2) is 46.7 Å². The first-order valence-corrected chi connectivity index (χ1v) is 8.47. The molecule has 2 aromatic heterocycles. The van der Waals surface area contributed by atoms with Crippen molar-refractivity contribution in [2.45, 2.75) is 0 Å². The molecule has 1 amide bonds. The highest BCUT2D eigenvalue weighted by molar-refractivity contribution is 6.08. The van der Waals surface area contributed by atoms with Gasteiger partial charge in [-0.1, -0.05) is 6.07 Å². The zero-order valence-corrected chi connectivity index (χ0v) is 14.4. The van der Waals surface area contributed by atoms with Crippen LogP contribution in [-0.2, 0) is 11.8 Å². The van der Waals surface area contributed by atoms with Crippen LogP contribution in [0.3, 0.4) is 0 Å². The Hall–Kier alpha value is -2.93. The van der Waals surface area contributed by atoms with Crippen LogP contribution in [0.5, 0.6) is 0 Å². The molecule has 1 saturated heterocycles. The first kappa shape index (κ1) is 16.5. The van der Waals surface area contributed by atoms with E-state index in [9.17, 15) is 9.18 Å². The van der Waals surface area contributed by atoms with Crippen LogP contribution in [0.25, 0.3) is 10.9 Å². The van der Waals surface area contributed by atoms with Gasteiger partial charge in [0.05, 0.1) is 24.3 Å². The number of aryl methyl sites for hydroxylation is 1. The Labute approximate surface area is 150 Å². The average molecular weight is 354 g/mol. The summed E-state index contributed by atoms with van der Waals surface area (Å²) in [6.45, 7) is 2.26. The molecule has 1 aromatic carbocycles. The molecule has 0 aliphatic carbocycles. The second-order valence-electron chi connectivity index (χ2n) is 6.25. The fraction of sp³-hybridized carbons (Fsp3) is 0.263. The highest BCUT2D eigenvalue weighted by atomic mass is 19.1. The Balaban J connectivity index is 1.73. The van der Waals surface area contributed by atoms with Gasteiger partial charge >= 0.3 is 0 Å². The Bertz CT molecular complexity index is 963. The van der Waals surface area contributed by atoms with Crippen LogP contribution in [0.4, 0.5) is 15.9 Å². The van der Waals surface area contributed by atoms with Crippen molar-refractivity contribution in [2.24, 2.45) is 7.05 Å². The number of amides is 1. The van der Waals surface area contributed by atoms with Crippen molar-refractivity contribution in [1.82, 2.24) is 14.5 Å². The Morgan fingerprint density at radius 3 is 2.85 bits per heavy atom. The zero-order chi connectivity index (χ0) is 18.1. The van der Waals surface area contributed by atoms with Gasteiger partial charge < -0.3 is 19.5 Å². The molecule has 1 aliphatic heterocycles. The minimum Gasteiger partial charge on any atom is -0.378 e. The number of morpholine rings is 1. The summed E-state index contributed by atoms with van der Waals surface area (Å²) in [5.74, 6) is 0.216. The third-order valence-electron chi connectivity index (χ3n) is 4.52. The zero-order valence-electron chi connectivity index (χ0n) is 14.4. The van der Waals surface area contributed by atoms with Gasteiger partial charge in [0.1, 0.15) is 11.6 Å². The highest BCUT2D eigenvalue weighted by Crippen LogP contribution is 2.28. The SMILES string of the molecule is Cn1ccc2c(Nc3cccc(F)c3)ncc(C(=O)N3CCOCC3)c21. The molecule has 26 heavy (non-hydrogen) atoms. The number of ether oxygens (including phenoxy) is 1. The van der Waals surface area contributed by atoms with Crippen LogP contribution >= 0.6 is 0 Å². The third kappa shape index (κ3) is 3.01. The standard InChI is InChI=1S/C19H19FN4O2/c1-23-6-5-15-17(23)16(19(25)24-7-9-26-10-8-24)12-21-18(15)22-14-4-2-3-13(20)11-14/h2-6,11-12H,7-10H2,1H3,(H,21,22). The summed E-state index contributed by atoms with van der Waals surface area (Å²) in [5, 5.41) is 3.95. The summed E-state index contributed by atoms with van der Waals surface area (Å²) in [6.07, 6.45) is 3.47. The molecule has 7 heteroatoms. The van der Waals surface area contributed by atoms with E-state index in [1.54, 1.807) is 23.2 Å². The van der Waals surface area contributed by atoms with Gasteiger partial charge in [-0.05, 0) is 24.3 Å². The lowest BCUT2D eigenvalue weighted by molar-refractivity contribution is 0.0303. The number of rotatable bonds is 3. The van der Waals surface area contributed by atoms with Gasteiger partial charge in [0, 0.05) is 43.6 Å². The van der Waals surface area contributed by atoms with E-state index in [2.05, 4.69) is 10.3 Å². The molecule has 3 aromatic rings. The summed E-state index contributed by atoms with van der Waals surface area (Å²) in [6, 6.07) is 8.10. The fourth-order valence-corrected chi connectivity index (χ4v) is 3.21. The maximum atomic E-state index is 13.4. The average Bonchev–Trinajstić information content (AvgIpc) is 3.05. The lowest BCUT2D eigenvalue weighted by Gasteiger charge is -2.27. The van der Waals surface area contributed by atoms with Crippen LogP contribution in [0.2, 0.25) is 0 Å². The van der Waals surface area contributed by atoms with Gasteiger partial charge in [0.15, 0.2) is 0 Å². The fourth-order valence-electron chi connectivity index (χ4n) is 3.21. The topological polar surface area (TPSA) is 59.4 Å². The van der Waals surface area contributed by atoms with Gasteiger partial charge in [0.2, 0.25) is 0 Å². The number of carbonyl (C=O) groups is 1. The van der Waals surface area contributed by atoms with Gasteiger partial charge in [-0.25, -0.2) is 9.37 Å². The molecule has 1 N–H and O–H groups in total. The number of nitrogens with zero attached hydrogens (tertiary/aromatic N) is 3. The second-order valence-corrected chi connectivity index (χ2v) is 6.25. The maximum Gasteiger partial charge on any atom is 0.257 e. The molecule has 3 heterocycles. The van der Waals surface area contributed by atoms with Crippen molar-refractivity contribution in [3.63, 3.8) is 0 Å². The quantitative estimate of drug-likeness (QED) is 0.786. The number of carbonyl (C=O) groups excluding carboxylic acids is 1. The summed E-state index contributed by atoms with van der Waals surface area (Å²) in [5.41, 5.74) is 1.96. The molecular weight excluding hydrogens is 335 g/mol. The number of nitrogens with one attached hydrogen (secondary N) is 1. The summed E-state index contributed by atoms with van der Waals surface area (Å²) in [7, 11) is 1.89. The van der Waals surface area contributed by atoms with E-state index < -0.39 is 0 Å². The van der Waals surface area contributed by atoms with E-state index in [4.69, 9.17) is 4.74 Å². The number of pyridine rings is 1. The molecule has 134 valence electrons. The molecule has 4 rings (SSSR count). The van der Waals surface area contributed by atoms with Crippen LogP contribution < -0.4 is 5.32 Å². The van der Waals surface area contributed by atoms with E-state index in [-0.39, 0.29) is 11.7 Å². The van der Waals surface area contributed by atoms with E-state index >= 15 is 0 Å². The van der Waals surface area contributed by atoms with Crippen molar-refractivity contribution in [3.8, 4) is 0 Å². The van der Waals surface area contributed by atoms with Gasteiger partial charge in [-0.3, -0.25) is 4.79 Å². The van der Waals surface area contributed by atoms with Gasteiger partial charge in [0.25, 0.3) is 5.91 Å². The monoisotopic (exact) mass is 354 g/mol.